The maximum atomic E-state index is 9.92. The molecule has 2 fully saturated rings. The standard InChI is InChI=1S/C13H26N2O/c1-13(2)10-14-8-12(16)9-15(13)11-6-4-3-5-7-11/h11-12,14,16H,3-10H2,1-2H3. The zero-order valence-corrected chi connectivity index (χ0v) is 10.7. The third kappa shape index (κ3) is 2.76. The van der Waals surface area contributed by atoms with Crippen molar-refractivity contribution in [3.8, 4) is 0 Å². The van der Waals surface area contributed by atoms with E-state index in [0.29, 0.717) is 6.04 Å². The Kier molecular flexibility index (Phi) is 3.88. The number of aliphatic hydroxyl groups is 1. The van der Waals surface area contributed by atoms with E-state index in [4.69, 9.17) is 0 Å². The van der Waals surface area contributed by atoms with Crippen molar-refractivity contribution in [3.63, 3.8) is 0 Å². The van der Waals surface area contributed by atoms with E-state index in [0.717, 1.165) is 19.6 Å². The molecule has 0 bridgehead atoms. The van der Waals surface area contributed by atoms with E-state index in [1.54, 1.807) is 0 Å². The van der Waals surface area contributed by atoms with Gasteiger partial charge in [-0.3, -0.25) is 4.90 Å². The summed E-state index contributed by atoms with van der Waals surface area (Å²) in [6.45, 7) is 7.16. The Balaban J connectivity index is 2.07. The second-order valence-electron chi connectivity index (χ2n) is 6.04. The first-order valence-electron chi connectivity index (χ1n) is 6.75. The van der Waals surface area contributed by atoms with Crippen LogP contribution in [-0.4, -0.2) is 47.3 Å². The van der Waals surface area contributed by atoms with Gasteiger partial charge in [-0.1, -0.05) is 19.3 Å². The lowest BCUT2D eigenvalue weighted by Gasteiger charge is -2.44. The molecule has 1 saturated heterocycles. The van der Waals surface area contributed by atoms with Crippen molar-refractivity contribution in [2.45, 2.75) is 63.6 Å². The van der Waals surface area contributed by atoms with Gasteiger partial charge in [0.1, 0.15) is 0 Å². The normalized spacial score (nSPS) is 33.6. The summed E-state index contributed by atoms with van der Waals surface area (Å²) in [6, 6.07) is 0.693. The Morgan fingerprint density at radius 3 is 2.56 bits per heavy atom. The van der Waals surface area contributed by atoms with Gasteiger partial charge in [-0.05, 0) is 26.7 Å². The average molecular weight is 226 g/mol. The molecule has 2 rings (SSSR count). The lowest BCUT2D eigenvalue weighted by molar-refractivity contribution is 0.0253. The predicted octanol–water partition coefficient (Wildman–Crippen LogP) is 1.36. The Morgan fingerprint density at radius 2 is 1.88 bits per heavy atom. The first-order valence-corrected chi connectivity index (χ1v) is 6.75. The summed E-state index contributed by atoms with van der Waals surface area (Å²) >= 11 is 0. The van der Waals surface area contributed by atoms with Crippen molar-refractivity contribution in [2.24, 2.45) is 0 Å². The fourth-order valence-corrected chi connectivity index (χ4v) is 3.22. The molecule has 0 amide bonds. The molecule has 0 aromatic rings. The maximum absolute atomic E-state index is 9.92. The van der Waals surface area contributed by atoms with E-state index in [1.807, 2.05) is 0 Å². The van der Waals surface area contributed by atoms with E-state index >= 15 is 0 Å². The van der Waals surface area contributed by atoms with Gasteiger partial charge in [-0.15, -0.1) is 0 Å². The number of nitrogens with zero attached hydrogens (tertiary/aromatic N) is 1. The van der Waals surface area contributed by atoms with Gasteiger partial charge in [0.25, 0.3) is 0 Å². The molecule has 0 spiro atoms. The second-order valence-corrected chi connectivity index (χ2v) is 6.04. The first-order chi connectivity index (χ1) is 7.59. The van der Waals surface area contributed by atoms with Gasteiger partial charge in [0, 0.05) is 31.2 Å². The highest BCUT2D eigenvalue weighted by molar-refractivity contribution is 4.93. The van der Waals surface area contributed by atoms with Gasteiger partial charge in [0.2, 0.25) is 0 Å². The molecule has 3 nitrogen and oxygen atoms in total. The van der Waals surface area contributed by atoms with Crippen LogP contribution in [0.5, 0.6) is 0 Å². The topological polar surface area (TPSA) is 35.5 Å². The van der Waals surface area contributed by atoms with Crippen molar-refractivity contribution in [2.75, 3.05) is 19.6 Å². The highest BCUT2D eigenvalue weighted by Gasteiger charge is 2.36. The number of rotatable bonds is 1. The monoisotopic (exact) mass is 226 g/mol. The SMILES string of the molecule is CC1(C)CNCC(O)CN1C1CCCCC1. The van der Waals surface area contributed by atoms with E-state index in [9.17, 15) is 5.11 Å². The number of hydrogen-bond donors (Lipinski definition) is 2. The summed E-state index contributed by atoms with van der Waals surface area (Å²) in [5.41, 5.74) is 0.180. The zero-order valence-electron chi connectivity index (χ0n) is 10.7. The molecule has 2 N–H and O–H groups in total. The molecule has 1 aliphatic carbocycles. The van der Waals surface area contributed by atoms with Crippen LogP contribution in [0.4, 0.5) is 0 Å². The van der Waals surface area contributed by atoms with Crippen LogP contribution in [-0.2, 0) is 0 Å². The third-order valence-electron chi connectivity index (χ3n) is 4.14. The van der Waals surface area contributed by atoms with Crippen LogP contribution < -0.4 is 5.32 Å². The second kappa shape index (κ2) is 5.03. The van der Waals surface area contributed by atoms with Gasteiger partial charge < -0.3 is 10.4 Å². The third-order valence-corrected chi connectivity index (χ3v) is 4.14. The lowest BCUT2D eigenvalue weighted by Crippen LogP contribution is -2.54. The van der Waals surface area contributed by atoms with Crippen LogP contribution in [0.2, 0.25) is 0 Å². The molecule has 0 radical (unpaired) electrons. The van der Waals surface area contributed by atoms with Crippen LogP contribution in [0.25, 0.3) is 0 Å². The highest BCUT2D eigenvalue weighted by Crippen LogP contribution is 2.29. The zero-order chi connectivity index (χ0) is 11.6. The van der Waals surface area contributed by atoms with Crippen LogP contribution >= 0.6 is 0 Å². The Morgan fingerprint density at radius 1 is 1.19 bits per heavy atom. The fourth-order valence-electron chi connectivity index (χ4n) is 3.22. The minimum Gasteiger partial charge on any atom is -0.390 e. The molecule has 94 valence electrons. The molecule has 1 aliphatic heterocycles. The van der Waals surface area contributed by atoms with Crippen molar-refractivity contribution < 1.29 is 5.11 Å². The van der Waals surface area contributed by atoms with Gasteiger partial charge in [0.05, 0.1) is 6.10 Å². The van der Waals surface area contributed by atoms with Gasteiger partial charge in [0.15, 0.2) is 0 Å². The molecular formula is C13H26N2O. The Hall–Kier alpha value is -0.120. The molecule has 0 aromatic heterocycles. The van der Waals surface area contributed by atoms with Crippen LogP contribution in [0, 0.1) is 0 Å². The van der Waals surface area contributed by atoms with E-state index < -0.39 is 0 Å². The average Bonchev–Trinajstić information content (AvgIpc) is 2.39. The molecule has 0 aromatic carbocycles. The van der Waals surface area contributed by atoms with Gasteiger partial charge in [-0.25, -0.2) is 0 Å². The highest BCUT2D eigenvalue weighted by atomic mass is 16.3. The molecule has 1 unspecified atom stereocenters. The molecular weight excluding hydrogens is 200 g/mol. The minimum absolute atomic E-state index is 0.180. The number of β-amino-alcohol motifs (C(OH)–C–C–N with tert-alkyl or cyclic N) is 1. The summed E-state index contributed by atoms with van der Waals surface area (Å²) in [5, 5.41) is 13.3. The first kappa shape index (κ1) is 12.3. The quantitative estimate of drug-likeness (QED) is 0.709. The summed E-state index contributed by atoms with van der Waals surface area (Å²) in [4.78, 5) is 2.55. The van der Waals surface area contributed by atoms with Crippen LogP contribution in [0.3, 0.4) is 0 Å². The van der Waals surface area contributed by atoms with Crippen LogP contribution in [0.15, 0.2) is 0 Å². The number of hydrogen-bond acceptors (Lipinski definition) is 3. The number of aliphatic hydroxyl groups excluding tert-OH is 1. The fraction of sp³-hybridized carbons (Fsp3) is 1.00. The Bertz CT molecular complexity index is 224. The number of nitrogens with one attached hydrogen (secondary N) is 1. The van der Waals surface area contributed by atoms with Gasteiger partial charge in [-0.2, -0.15) is 0 Å². The van der Waals surface area contributed by atoms with Gasteiger partial charge >= 0.3 is 0 Å². The maximum Gasteiger partial charge on any atom is 0.0791 e. The summed E-state index contributed by atoms with van der Waals surface area (Å²) in [5.74, 6) is 0. The van der Waals surface area contributed by atoms with Crippen molar-refractivity contribution in [1.29, 1.82) is 0 Å². The predicted molar refractivity (Wildman–Crippen MR) is 66.5 cm³/mol. The molecule has 3 heteroatoms. The summed E-state index contributed by atoms with van der Waals surface area (Å²) in [7, 11) is 0. The van der Waals surface area contributed by atoms with Crippen molar-refractivity contribution in [3.05, 3.63) is 0 Å². The molecule has 1 atom stereocenters. The molecule has 1 saturated carbocycles. The smallest absolute Gasteiger partial charge is 0.0791 e. The van der Waals surface area contributed by atoms with Crippen molar-refractivity contribution in [1.82, 2.24) is 10.2 Å². The molecule has 2 aliphatic rings. The Labute approximate surface area is 99.2 Å². The van der Waals surface area contributed by atoms with E-state index in [2.05, 4.69) is 24.1 Å². The minimum atomic E-state index is -0.205. The summed E-state index contributed by atoms with van der Waals surface area (Å²) < 4.78 is 0. The molecule has 16 heavy (non-hydrogen) atoms. The van der Waals surface area contributed by atoms with Crippen LogP contribution in [0.1, 0.15) is 46.0 Å². The largest absolute Gasteiger partial charge is 0.390 e. The van der Waals surface area contributed by atoms with E-state index in [-0.39, 0.29) is 11.6 Å². The summed E-state index contributed by atoms with van der Waals surface area (Å²) in [6.07, 6.45) is 6.54. The molecule has 1 heterocycles. The van der Waals surface area contributed by atoms with E-state index in [1.165, 1.54) is 32.1 Å². The lowest BCUT2D eigenvalue weighted by atomic mass is 9.90. The van der Waals surface area contributed by atoms with Crippen molar-refractivity contribution >= 4 is 0 Å².